The summed E-state index contributed by atoms with van der Waals surface area (Å²) in [6.45, 7) is 2.54. The molecule has 3 rings (SSSR count). The van der Waals surface area contributed by atoms with Crippen molar-refractivity contribution >= 4 is 27.5 Å². The maximum Gasteiger partial charge on any atom is 0.247 e. The van der Waals surface area contributed by atoms with Crippen LogP contribution in [0.25, 0.3) is 0 Å². The molecule has 2 aromatic rings. The lowest BCUT2D eigenvalue weighted by Crippen LogP contribution is -2.70. The van der Waals surface area contributed by atoms with Crippen LogP contribution >= 0.6 is 0 Å². The van der Waals surface area contributed by atoms with Crippen molar-refractivity contribution in [1.82, 2.24) is 9.62 Å². The van der Waals surface area contributed by atoms with Crippen LogP contribution in [0, 0.1) is 5.82 Å². The monoisotopic (exact) mass is 433 g/mol. The normalized spacial score (nSPS) is 20.2. The van der Waals surface area contributed by atoms with Gasteiger partial charge >= 0.3 is 0 Å². The Hall–Kier alpha value is -2.78. The lowest BCUT2D eigenvalue weighted by molar-refractivity contribution is -0.133. The fraction of sp³-hybridized carbons (Fsp3) is 0.333. The van der Waals surface area contributed by atoms with Gasteiger partial charge in [-0.05, 0) is 37.6 Å². The van der Waals surface area contributed by atoms with Gasteiger partial charge in [0, 0.05) is 18.8 Å². The summed E-state index contributed by atoms with van der Waals surface area (Å²) >= 11 is 0. The third-order valence-electron chi connectivity index (χ3n) is 5.15. The average Bonchev–Trinajstić information content (AvgIpc) is 2.72. The molecule has 0 unspecified atom stereocenters. The number of halogens is 1. The van der Waals surface area contributed by atoms with Crippen molar-refractivity contribution in [2.45, 2.75) is 25.9 Å². The minimum absolute atomic E-state index is 0.193. The molecule has 1 heterocycles. The molecule has 2 aromatic carbocycles. The number of hydrogen-bond acceptors (Lipinski definition) is 4. The second kappa shape index (κ2) is 8.53. The second-order valence-corrected chi connectivity index (χ2v) is 9.58. The largest absolute Gasteiger partial charge is 0.350 e. The number of piperazine rings is 1. The summed E-state index contributed by atoms with van der Waals surface area (Å²) < 4.78 is 39.8. The van der Waals surface area contributed by atoms with Gasteiger partial charge in [0.15, 0.2) is 0 Å². The van der Waals surface area contributed by atoms with Crippen molar-refractivity contribution in [3.05, 3.63) is 66.0 Å². The molecule has 0 aliphatic carbocycles. The molecular weight excluding hydrogens is 409 g/mol. The molecule has 2 amide bonds. The molecule has 30 heavy (non-hydrogen) atoms. The molecule has 1 saturated heterocycles. The summed E-state index contributed by atoms with van der Waals surface area (Å²) in [4.78, 5) is 27.4. The van der Waals surface area contributed by atoms with Crippen LogP contribution in [0.2, 0.25) is 0 Å². The van der Waals surface area contributed by atoms with E-state index in [-0.39, 0.29) is 24.5 Å². The average molecular weight is 434 g/mol. The number of carbonyl (C=O) groups is 2. The van der Waals surface area contributed by atoms with E-state index in [1.807, 2.05) is 30.3 Å². The fourth-order valence-electron chi connectivity index (χ4n) is 3.53. The SMILES string of the molecule is CCS(=O)(=O)N1CC(=O)N(c2cccc(F)c2)[C@@](C)(C(=O)NCc2ccccc2)C1. The first-order valence-corrected chi connectivity index (χ1v) is 11.2. The topological polar surface area (TPSA) is 86.8 Å². The molecule has 7 nitrogen and oxygen atoms in total. The van der Waals surface area contributed by atoms with Gasteiger partial charge in [-0.2, -0.15) is 4.31 Å². The van der Waals surface area contributed by atoms with E-state index in [9.17, 15) is 22.4 Å². The van der Waals surface area contributed by atoms with Crippen LogP contribution in [-0.4, -0.2) is 48.9 Å². The Morgan fingerprint density at radius 1 is 1.17 bits per heavy atom. The Morgan fingerprint density at radius 3 is 2.50 bits per heavy atom. The molecular formula is C21H24FN3O4S. The standard InChI is InChI=1S/C21H24FN3O4S/c1-3-30(28,29)24-14-19(26)25(18-11-7-10-17(22)12-18)21(2,15-24)20(27)23-13-16-8-5-4-6-9-16/h4-12H,3,13-15H2,1-2H3,(H,23,27)/t21-/m1/s1. The van der Waals surface area contributed by atoms with E-state index in [1.165, 1.54) is 36.9 Å². The van der Waals surface area contributed by atoms with Crippen LogP contribution in [0.15, 0.2) is 54.6 Å². The summed E-state index contributed by atoms with van der Waals surface area (Å²) in [6.07, 6.45) is 0. The first-order valence-electron chi connectivity index (χ1n) is 9.56. The zero-order valence-electron chi connectivity index (χ0n) is 16.8. The molecule has 1 aliphatic heterocycles. The molecule has 9 heteroatoms. The van der Waals surface area contributed by atoms with Crippen molar-refractivity contribution in [3.63, 3.8) is 0 Å². The van der Waals surface area contributed by atoms with E-state index in [0.717, 1.165) is 15.9 Å². The van der Waals surface area contributed by atoms with Crippen LogP contribution in [0.4, 0.5) is 10.1 Å². The Morgan fingerprint density at radius 2 is 1.87 bits per heavy atom. The predicted molar refractivity (Wildman–Crippen MR) is 112 cm³/mol. The van der Waals surface area contributed by atoms with Crippen LogP contribution in [0.3, 0.4) is 0 Å². The summed E-state index contributed by atoms with van der Waals surface area (Å²) in [5, 5.41) is 2.79. The van der Waals surface area contributed by atoms with E-state index in [2.05, 4.69) is 5.32 Å². The minimum Gasteiger partial charge on any atom is -0.350 e. The van der Waals surface area contributed by atoms with E-state index in [4.69, 9.17) is 0 Å². The number of sulfonamides is 1. The third kappa shape index (κ3) is 4.36. The number of carbonyl (C=O) groups excluding carboxylic acids is 2. The van der Waals surface area contributed by atoms with Gasteiger partial charge in [-0.25, -0.2) is 12.8 Å². The van der Waals surface area contributed by atoms with Crippen LogP contribution in [0.1, 0.15) is 19.4 Å². The highest BCUT2D eigenvalue weighted by Crippen LogP contribution is 2.31. The van der Waals surface area contributed by atoms with Crippen molar-refractivity contribution < 1.29 is 22.4 Å². The molecule has 0 radical (unpaired) electrons. The lowest BCUT2D eigenvalue weighted by atomic mass is 9.94. The third-order valence-corrected chi connectivity index (χ3v) is 6.92. The van der Waals surface area contributed by atoms with Crippen LogP contribution in [-0.2, 0) is 26.2 Å². The predicted octanol–water partition coefficient (Wildman–Crippen LogP) is 1.90. The number of nitrogens with one attached hydrogen (secondary N) is 1. The first kappa shape index (κ1) is 21.9. The highest BCUT2D eigenvalue weighted by atomic mass is 32.2. The van der Waals surface area contributed by atoms with Crippen molar-refractivity contribution in [3.8, 4) is 0 Å². The van der Waals surface area contributed by atoms with E-state index < -0.39 is 39.7 Å². The minimum atomic E-state index is -3.71. The highest BCUT2D eigenvalue weighted by molar-refractivity contribution is 7.89. The lowest BCUT2D eigenvalue weighted by Gasteiger charge is -2.46. The Bertz CT molecular complexity index is 1050. The Kier molecular flexibility index (Phi) is 6.23. The molecule has 0 aromatic heterocycles. The molecule has 0 spiro atoms. The van der Waals surface area contributed by atoms with Gasteiger partial charge in [0.25, 0.3) is 0 Å². The number of benzene rings is 2. The molecule has 160 valence electrons. The van der Waals surface area contributed by atoms with Gasteiger partial charge in [0.2, 0.25) is 21.8 Å². The maximum absolute atomic E-state index is 13.8. The maximum atomic E-state index is 13.8. The first-order chi connectivity index (χ1) is 14.2. The van der Waals surface area contributed by atoms with Crippen LogP contribution in [0.5, 0.6) is 0 Å². The second-order valence-electron chi connectivity index (χ2n) is 7.32. The number of hydrogen-bond donors (Lipinski definition) is 1. The van der Waals surface area contributed by atoms with Crippen molar-refractivity contribution in [2.75, 3.05) is 23.7 Å². The zero-order chi connectivity index (χ0) is 21.9. The molecule has 1 aliphatic rings. The summed E-state index contributed by atoms with van der Waals surface area (Å²) in [6, 6.07) is 14.6. The molecule has 0 bridgehead atoms. The Labute approximate surface area is 175 Å². The van der Waals surface area contributed by atoms with Gasteiger partial charge < -0.3 is 5.32 Å². The molecule has 1 fully saturated rings. The van der Waals surface area contributed by atoms with E-state index in [0.29, 0.717) is 0 Å². The van der Waals surface area contributed by atoms with Gasteiger partial charge in [0.05, 0.1) is 12.3 Å². The Balaban J connectivity index is 1.97. The zero-order valence-corrected chi connectivity index (χ0v) is 17.7. The van der Waals surface area contributed by atoms with Gasteiger partial charge in [-0.3, -0.25) is 14.5 Å². The van der Waals surface area contributed by atoms with E-state index in [1.54, 1.807) is 0 Å². The van der Waals surface area contributed by atoms with Crippen LogP contribution < -0.4 is 10.2 Å². The van der Waals surface area contributed by atoms with Gasteiger partial charge in [-0.1, -0.05) is 36.4 Å². The molecule has 1 atom stereocenters. The summed E-state index contributed by atoms with van der Waals surface area (Å²) in [5.41, 5.74) is -0.502. The molecule has 1 N–H and O–H groups in total. The number of nitrogens with zero attached hydrogens (tertiary/aromatic N) is 2. The highest BCUT2D eigenvalue weighted by Gasteiger charge is 2.50. The van der Waals surface area contributed by atoms with E-state index >= 15 is 0 Å². The summed E-state index contributed by atoms with van der Waals surface area (Å²) in [7, 11) is -3.71. The summed E-state index contributed by atoms with van der Waals surface area (Å²) in [5.74, 6) is -1.88. The van der Waals surface area contributed by atoms with Gasteiger partial charge in [0.1, 0.15) is 11.4 Å². The number of anilines is 1. The van der Waals surface area contributed by atoms with Crippen molar-refractivity contribution in [1.29, 1.82) is 0 Å². The molecule has 0 saturated carbocycles. The van der Waals surface area contributed by atoms with Crippen molar-refractivity contribution in [2.24, 2.45) is 0 Å². The fourth-order valence-corrected chi connectivity index (χ4v) is 4.65. The smallest absolute Gasteiger partial charge is 0.247 e. The number of amides is 2. The van der Waals surface area contributed by atoms with Gasteiger partial charge in [-0.15, -0.1) is 0 Å². The number of rotatable bonds is 6. The quantitative estimate of drug-likeness (QED) is 0.754.